The molecule has 1 heterocycles. The second-order valence-corrected chi connectivity index (χ2v) is 20.9. The average Bonchev–Trinajstić information content (AvgIpc) is 3.23. The molecule has 1 aliphatic carbocycles. The van der Waals surface area contributed by atoms with Crippen LogP contribution in [0, 0.1) is 0 Å². The van der Waals surface area contributed by atoms with Crippen molar-refractivity contribution in [1.82, 2.24) is 0 Å². The molecule has 2 aliphatic rings. The van der Waals surface area contributed by atoms with Crippen molar-refractivity contribution in [3.8, 4) is 0 Å². The minimum atomic E-state index is -2.19. The number of methoxy groups -OCH3 is 1. The van der Waals surface area contributed by atoms with Crippen LogP contribution in [0.5, 0.6) is 0 Å². The fraction of sp³-hybridized carbons (Fsp3) is 0.950. The van der Waals surface area contributed by atoms with E-state index in [4.69, 9.17) is 18.3 Å². The Hall–Kier alpha value is -0.256. The molecule has 6 nitrogen and oxygen atoms in total. The second-order valence-electron chi connectivity index (χ2n) is 11.4. The molecule has 0 aromatic heterocycles. The molecule has 5 atom stereocenters. The van der Waals surface area contributed by atoms with E-state index in [1.165, 1.54) is 7.11 Å². The summed E-state index contributed by atoms with van der Waals surface area (Å²) in [4.78, 5) is 12.5. The van der Waals surface area contributed by atoms with Crippen LogP contribution in [0.4, 0.5) is 0 Å². The van der Waals surface area contributed by atoms with Crippen LogP contribution in [0.2, 0.25) is 36.3 Å². The molecule has 0 aromatic rings. The zero-order chi connectivity index (χ0) is 21.9. The summed E-state index contributed by atoms with van der Waals surface area (Å²) >= 11 is 0. The summed E-state index contributed by atoms with van der Waals surface area (Å²) in [5.41, 5.74) is -1.06. The number of aliphatic hydroxyl groups is 1. The zero-order valence-corrected chi connectivity index (χ0v) is 21.5. The molecular weight excluding hydrogens is 392 g/mol. The number of ether oxygens (including phenoxy) is 2. The van der Waals surface area contributed by atoms with Crippen LogP contribution in [0.3, 0.4) is 0 Å². The predicted molar refractivity (Wildman–Crippen MR) is 114 cm³/mol. The highest BCUT2D eigenvalue weighted by atomic mass is 28.4. The van der Waals surface area contributed by atoms with Gasteiger partial charge in [-0.2, -0.15) is 0 Å². The molecule has 0 bridgehead atoms. The van der Waals surface area contributed by atoms with Crippen molar-refractivity contribution in [3.63, 3.8) is 0 Å². The van der Waals surface area contributed by atoms with Gasteiger partial charge in [0.15, 0.2) is 22.2 Å². The summed E-state index contributed by atoms with van der Waals surface area (Å²) in [5, 5.41) is 11.2. The van der Waals surface area contributed by atoms with E-state index in [0.717, 1.165) is 0 Å². The summed E-state index contributed by atoms with van der Waals surface area (Å²) in [7, 11) is -2.98. The van der Waals surface area contributed by atoms with E-state index < -0.39 is 52.6 Å². The second kappa shape index (κ2) is 7.16. The van der Waals surface area contributed by atoms with Crippen molar-refractivity contribution in [2.45, 2.75) is 114 Å². The Kier molecular flexibility index (Phi) is 6.14. The van der Waals surface area contributed by atoms with Crippen molar-refractivity contribution in [1.29, 1.82) is 0 Å². The number of carbonyl (C=O) groups is 1. The van der Waals surface area contributed by atoms with E-state index in [0.29, 0.717) is 6.42 Å². The van der Waals surface area contributed by atoms with Gasteiger partial charge in [0.25, 0.3) is 0 Å². The highest BCUT2D eigenvalue weighted by molar-refractivity contribution is 6.74. The highest BCUT2D eigenvalue weighted by Gasteiger charge is 2.73. The molecule has 2 rings (SSSR count). The molecule has 1 saturated carbocycles. The normalized spacial score (nSPS) is 34.0. The largest absolute Gasteiger partial charge is 0.467 e. The summed E-state index contributed by atoms with van der Waals surface area (Å²) in [6.45, 7) is 21.5. The summed E-state index contributed by atoms with van der Waals surface area (Å²) < 4.78 is 24.0. The molecular formula is C20H40O6Si2. The van der Waals surface area contributed by atoms with E-state index in [9.17, 15) is 9.90 Å². The SMILES string of the molecule is COC(=O)[C@]12C[C@@H](O[Si](C)(C)C(C)(C)C)[C@H](O)[C@H](O[Si](C)(C)C(C)(C)C)[C@H]1O2. The summed E-state index contributed by atoms with van der Waals surface area (Å²) in [6, 6.07) is 0. The Labute approximate surface area is 172 Å². The molecule has 8 heteroatoms. The summed E-state index contributed by atoms with van der Waals surface area (Å²) in [5.74, 6) is -0.405. The minimum Gasteiger partial charge on any atom is -0.467 e. The van der Waals surface area contributed by atoms with Crippen LogP contribution >= 0.6 is 0 Å². The van der Waals surface area contributed by atoms with Crippen molar-refractivity contribution in [2.24, 2.45) is 0 Å². The molecule has 0 aromatic carbocycles. The van der Waals surface area contributed by atoms with Crippen LogP contribution in [0.1, 0.15) is 48.0 Å². The molecule has 0 unspecified atom stereocenters. The Balaban J connectivity index is 2.35. The van der Waals surface area contributed by atoms with Crippen molar-refractivity contribution < 1.29 is 28.2 Å². The monoisotopic (exact) mass is 432 g/mol. The van der Waals surface area contributed by atoms with Crippen LogP contribution in [0.15, 0.2) is 0 Å². The average molecular weight is 433 g/mol. The number of hydrogen-bond acceptors (Lipinski definition) is 6. The van der Waals surface area contributed by atoms with Gasteiger partial charge in [-0.1, -0.05) is 41.5 Å². The van der Waals surface area contributed by atoms with Crippen LogP contribution in [-0.2, 0) is 23.1 Å². The van der Waals surface area contributed by atoms with E-state index in [-0.39, 0.29) is 10.1 Å². The van der Waals surface area contributed by atoms with Gasteiger partial charge in [-0.3, -0.25) is 0 Å². The van der Waals surface area contributed by atoms with E-state index in [1.807, 2.05) is 0 Å². The number of carbonyl (C=O) groups excluding carboxylic acids is 1. The minimum absolute atomic E-state index is 0.0117. The Morgan fingerprint density at radius 3 is 1.89 bits per heavy atom. The number of fused-ring (bicyclic) bond motifs is 1. The van der Waals surface area contributed by atoms with Crippen LogP contribution in [0.25, 0.3) is 0 Å². The Bertz CT molecular complexity index is 607. The van der Waals surface area contributed by atoms with Crippen LogP contribution < -0.4 is 0 Å². The predicted octanol–water partition coefficient (Wildman–Crippen LogP) is 3.84. The molecule has 0 spiro atoms. The molecule has 28 heavy (non-hydrogen) atoms. The van der Waals surface area contributed by atoms with Gasteiger partial charge in [-0.25, -0.2) is 4.79 Å². The molecule has 1 aliphatic heterocycles. The smallest absolute Gasteiger partial charge is 0.341 e. The van der Waals surface area contributed by atoms with E-state index in [1.54, 1.807) is 0 Å². The lowest BCUT2D eigenvalue weighted by atomic mass is 9.83. The first-order valence-corrected chi connectivity index (χ1v) is 16.0. The van der Waals surface area contributed by atoms with Gasteiger partial charge in [-0.15, -0.1) is 0 Å². The number of aliphatic hydroxyl groups excluding tert-OH is 1. The first kappa shape index (κ1) is 24.0. The standard InChI is InChI=1S/C20H40O6Si2/c1-18(2,3)27(8,9)25-13-12-20(17(22)23-7)16(24-20)15(14(13)21)26-28(10,11)19(4,5)6/h13-16,21H,12H2,1-11H3/t13-,14+,15+,16-,20+/m1/s1. The third-order valence-electron chi connectivity index (χ3n) is 7.28. The van der Waals surface area contributed by atoms with E-state index >= 15 is 0 Å². The summed E-state index contributed by atoms with van der Waals surface area (Å²) in [6.07, 6.45) is -2.14. The molecule has 2 fully saturated rings. The van der Waals surface area contributed by atoms with Gasteiger partial charge >= 0.3 is 5.97 Å². The third kappa shape index (κ3) is 4.13. The Morgan fingerprint density at radius 2 is 1.46 bits per heavy atom. The molecule has 1 N–H and O–H groups in total. The topological polar surface area (TPSA) is 77.5 Å². The first-order valence-electron chi connectivity index (χ1n) is 10.2. The van der Waals surface area contributed by atoms with Crippen molar-refractivity contribution in [2.75, 3.05) is 7.11 Å². The van der Waals surface area contributed by atoms with Crippen LogP contribution in [-0.4, -0.2) is 64.8 Å². The van der Waals surface area contributed by atoms with Gasteiger partial charge in [0, 0.05) is 6.42 Å². The Morgan fingerprint density at radius 1 is 1.00 bits per heavy atom. The van der Waals surface area contributed by atoms with Gasteiger partial charge in [0.2, 0.25) is 0 Å². The van der Waals surface area contributed by atoms with Crippen molar-refractivity contribution >= 4 is 22.6 Å². The maximum Gasteiger partial charge on any atom is 0.341 e. The highest BCUT2D eigenvalue weighted by Crippen LogP contribution is 2.53. The number of hydrogen-bond donors (Lipinski definition) is 1. The van der Waals surface area contributed by atoms with E-state index in [2.05, 4.69) is 67.7 Å². The first-order chi connectivity index (χ1) is 12.4. The van der Waals surface area contributed by atoms with Gasteiger partial charge in [0.1, 0.15) is 18.3 Å². The zero-order valence-electron chi connectivity index (χ0n) is 19.5. The van der Waals surface area contributed by atoms with Gasteiger partial charge in [-0.05, 0) is 36.3 Å². The molecule has 0 amide bonds. The lowest BCUT2D eigenvalue weighted by Crippen LogP contribution is -2.60. The molecule has 1 saturated heterocycles. The number of esters is 1. The molecule has 164 valence electrons. The van der Waals surface area contributed by atoms with Crippen molar-refractivity contribution in [3.05, 3.63) is 0 Å². The maximum absolute atomic E-state index is 12.5. The van der Waals surface area contributed by atoms with Gasteiger partial charge < -0.3 is 23.4 Å². The maximum atomic E-state index is 12.5. The third-order valence-corrected chi connectivity index (χ3v) is 16.3. The fourth-order valence-corrected chi connectivity index (χ4v) is 5.87. The number of rotatable bonds is 5. The fourth-order valence-electron chi connectivity index (χ4n) is 3.23. The lowest BCUT2D eigenvalue weighted by Gasteiger charge is -2.46. The quantitative estimate of drug-likeness (QED) is 0.404. The molecule has 0 radical (unpaired) electrons. The van der Waals surface area contributed by atoms with Gasteiger partial charge in [0.05, 0.1) is 13.2 Å². The lowest BCUT2D eigenvalue weighted by molar-refractivity contribution is -0.151. The number of epoxide rings is 1.